The topological polar surface area (TPSA) is 54.0 Å². The molecule has 0 aliphatic carbocycles. The van der Waals surface area contributed by atoms with Crippen molar-refractivity contribution in [2.24, 2.45) is 5.92 Å². The monoisotopic (exact) mass is 248 g/mol. The number of carbonyl (C=O) groups is 1. The first kappa shape index (κ1) is 16.4. The molecule has 0 unspecified atom stereocenters. The van der Waals surface area contributed by atoms with Crippen LogP contribution >= 0.6 is 0 Å². The molecule has 0 aromatic carbocycles. The molecule has 0 aromatic rings. The second-order valence-electron chi connectivity index (χ2n) is 3.94. The van der Waals surface area contributed by atoms with Crippen molar-refractivity contribution in [2.75, 3.05) is 46.2 Å². The summed E-state index contributed by atoms with van der Waals surface area (Å²) in [6, 6.07) is 0. The van der Waals surface area contributed by atoms with Gasteiger partial charge in [-0.3, -0.25) is 0 Å². The molecule has 5 heteroatoms. The molecular weight excluding hydrogens is 224 g/mol. The van der Waals surface area contributed by atoms with Gasteiger partial charge in [0, 0.05) is 6.61 Å². The lowest BCUT2D eigenvalue weighted by molar-refractivity contribution is -0.150. The molecule has 17 heavy (non-hydrogen) atoms. The van der Waals surface area contributed by atoms with Gasteiger partial charge < -0.3 is 18.9 Å². The van der Waals surface area contributed by atoms with Crippen LogP contribution in [0.15, 0.2) is 0 Å². The van der Waals surface area contributed by atoms with E-state index in [4.69, 9.17) is 18.9 Å². The van der Waals surface area contributed by atoms with E-state index < -0.39 is 0 Å². The highest BCUT2D eigenvalue weighted by Gasteiger charge is 2.03. The number of hydrogen-bond acceptors (Lipinski definition) is 5. The van der Waals surface area contributed by atoms with Crippen molar-refractivity contribution in [3.05, 3.63) is 0 Å². The summed E-state index contributed by atoms with van der Waals surface area (Å²) >= 11 is 0. The summed E-state index contributed by atoms with van der Waals surface area (Å²) in [5.74, 6) is 0.0221. The molecule has 0 aliphatic rings. The molecule has 0 N–H and O–H groups in total. The van der Waals surface area contributed by atoms with Crippen LogP contribution in [0.2, 0.25) is 0 Å². The van der Waals surface area contributed by atoms with Crippen LogP contribution in [0, 0.1) is 5.92 Å². The summed E-state index contributed by atoms with van der Waals surface area (Å²) in [5.41, 5.74) is 0. The first-order valence-electron chi connectivity index (χ1n) is 6.05. The van der Waals surface area contributed by atoms with Gasteiger partial charge in [0.25, 0.3) is 0 Å². The molecule has 0 radical (unpaired) electrons. The van der Waals surface area contributed by atoms with E-state index in [9.17, 15) is 4.79 Å². The molecule has 5 nitrogen and oxygen atoms in total. The minimum atomic E-state index is -0.326. The second kappa shape index (κ2) is 11.8. The molecule has 0 saturated heterocycles. The van der Waals surface area contributed by atoms with Crippen LogP contribution in [-0.4, -0.2) is 52.2 Å². The molecule has 0 heterocycles. The van der Waals surface area contributed by atoms with E-state index in [0.717, 1.165) is 0 Å². The van der Waals surface area contributed by atoms with Gasteiger partial charge in [0.2, 0.25) is 0 Å². The van der Waals surface area contributed by atoms with E-state index in [2.05, 4.69) is 0 Å². The van der Waals surface area contributed by atoms with Gasteiger partial charge in [-0.15, -0.1) is 0 Å². The fourth-order valence-corrected chi connectivity index (χ4v) is 0.939. The third-order valence-electron chi connectivity index (χ3n) is 1.75. The van der Waals surface area contributed by atoms with Crippen molar-refractivity contribution in [1.29, 1.82) is 0 Å². The molecule has 0 saturated carbocycles. The Labute approximate surface area is 103 Å². The van der Waals surface area contributed by atoms with Gasteiger partial charge in [0.1, 0.15) is 6.61 Å². The summed E-state index contributed by atoms with van der Waals surface area (Å²) < 4.78 is 20.3. The SMILES string of the molecule is CCOCCOCCOCC(=O)OCC(C)C. The maximum atomic E-state index is 11.1. The first-order valence-corrected chi connectivity index (χ1v) is 6.05. The first-order chi connectivity index (χ1) is 8.16. The summed E-state index contributed by atoms with van der Waals surface area (Å²) in [6.45, 7) is 9.03. The Hall–Kier alpha value is -0.650. The average Bonchev–Trinajstić information content (AvgIpc) is 2.30. The third-order valence-corrected chi connectivity index (χ3v) is 1.75. The quantitative estimate of drug-likeness (QED) is 0.407. The highest BCUT2D eigenvalue weighted by atomic mass is 16.6. The fourth-order valence-electron chi connectivity index (χ4n) is 0.939. The number of carbonyl (C=O) groups excluding carboxylic acids is 1. The molecule has 0 spiro atoms. The summed E-state index contributed by atoms with van der Waals surface area (Å²) in [5, 5.41) is 0. The predicted molar refractivity (Wildman–Crippen MR) is 63.9 cm³/mol. The maximum absolute atomic E-state index is 11.1. The molecule has 0 aliphatic heterocycles. The molecular formula is C12H24O5. The van der Waals surface area contributed by atoms with E-state index in [1.807, 2.05) is 20.8 Å². The van der Waals surface area contributed by atoms with Gasteiger partial charge in [0.15, 0.2) is 0 Å². The Morgan fingerprint density at radius 3 is 2.18 bits per heavy atom. The zero-order valence-corrected chi connectivity index (χ0v) is 11.1. The minimum Gasteiger partial charge on any atom is -0.464 e. The standard InChI is InChI=1S/C12H24O5/c1-4-14-5-6-15-7-8-16-10-12(13)17-9-11(2)3/h11H,4-10H2,1-3H3. The summed E-state index contributed by atoms with van der Waals surface area (Å²) in [6.07, 6.45) is 0. The van der Waals surface area contributed by atoms with Crippen molar-refractivity contribution in [1.82, 2.24) is 0 Å². The van der Waals surface area contributed by atoms with Crippen LogP contribution in [0.1, 0.15) is 20.8 Å². The van der Waals surface area contributed by atoms with E-state index >= 15 is 0 Å². The predicted octanol–water partition coefficient (Wildman–Crippen LogP) is 1.26. The van der Waals surface area contributed by atoms with Crippen LogP contribution in [-0.2, 0) is 23.7 Å². The third kappa shape index (κ3) is 13.3. The van der Waals surface area contributed by atoms with Gasteiger partial charge in [-0.25, -0.2) is 4.79 Å². The number of ether oxygens (including phenoxy) is 4. The van der Waals surface area contributed by atoms with Gasteiger partial charge in [0.05, 0.1) is 33.0 Å². The number of esters is 1. The molecule has 102 valence electrons. The van der Waals surface area contributed by atoms with E-state index in [1.165, 1.54) is 0 Å². The van der Waals surface area contributed by atoms with Gasteiger partial charge in [-0.1, -0.05) is 13.8 Å². The Morgan fingerprint density at radius 2 is 1.59 bits per heavy atom. The van der Waals surface area contributed by atoms with Gasteiger partial charge in [-0.2, -0.15) is 0 Å². The Morgan fingerprint density at radius 1 is 1.00 bits per heavy atom. The lowest BCUT2D eigenvalue weighted by atomic mass is 10.2. The Kier molecular flexibility index (Phi) is 11.4. The summed E-state index contributed by atoms with van der Waals surface area (Å²) in [7, 11) is 0. The highest BCUT2D eigenvalue weighted by molar-refractivity contribution is 5.70. The largest absolute Gasteiger partial charge is 0.464 e. The van der Waals surface area contributed by atoms with E-state index in [0.29, 0.717) is 45.6 Å². The highest BCUT2D eigenvalue weighted by Crippen LogP contribution is 1.93. The number of rotatable bonds is 11. The minimum absolute atomic E-state index is 0.0124. The zero-order chi connectivity index (χ0) is 12.9. The van der Waals surface area contributed by atoms with Crippen molar-refractivity contribution in [2.45, 2.75) is 20.8 Å². The smallest absolute Gasteiger partial charge is 0.332 e. The molecule has 0 rings (SSSR count). The Balaban J connectivity index is 3.14. The molecule has 0 bridgehead atoms. The van der Waals surface area contributed by atoms with Crippen LogP contribution in [0.25, 0.3) is 0 Å². The van der Waals surface area contributed by atoms with Crippen LogP contribution in [0.4, 0.5) is 0 Å². The van der Waals surface area contributed by atoms with Crippen molar-refractivity contribution >= 4 is 5.97 Å². The normalized spacial score (nSPS) is 10.8. The zero-order valence-electron chi connectivity index (χ0n) is 11.1. The Bertz CT molecular complexity index is 182. The van der Waals surface area contributed by atoms with Crippen LogP contribution in [0.5, 0.6) is 0 Å². The fraction of sp³-hybridized carbons (Fsp3) is 0.917. The van der Waals surface area contributed by atoms with E-state index in [1.54, 1.807) is 0 Å². The molecule has 0 fully saturated rings. The summed E-state index contributed by atoms with van der Waals surface area (Å²) in [4.78, 5) is 11.1. The van der Waals surface area contributed by atoms with Crippen molar-refractivity contribution in [3.8, 4) is 0 Å². The number of hydrogen-bond donors (Lipinski definition) is 0. The van der Waals surface area contributed by atoms with E-state index in [-0.39, 0.29) is 12.6 Å². The van der Waals surface area contributed by atoms with Gasteiger partial charge in [-0.05, 0) is 12.8 Å². The van der Waals surface area contributed by atoms with Crippen molar-refractivity contribution < 1.29 is 23.7 Å². The van der Waals surface area contributed by atoms with Crippen LogP contribution < -0.4 is 0 Å². The maximum Gasteiger partial charge on any atom is 0.332 e. The lowest BCUT2D eigenvalue weighted by Gasteiger charge is -2.08. The van der Waals surface area contributed by atoms with Gasteiger partial charge >= 0.3 is 5.97 Å². The lowest BCUT2D eigenvalue weighted by Crippen LogP contribution is -2.17. The molecule has 0 amide bonds. The second-order valence-corrected chi connectivity index (χ2v) is 3.94. The average molecular weight is 248 g/mol. The van der Waals surface area contributed by atoms with Crippen LogP contribution in [0.3, 0.4) is 0 Å². The van der Waals surface area contributed by atoms with Crippen molar-refractivity contribution in [3.63, 3.8) is 0 Å². The molecule has 0 aromatic heterocycles. The molecule has 0 atom stereocenters.